The summed E-state index contributed by atoms with van der Waals surface area (Å²) in [4.78, 5) is 18.2. The van der Waals surface area contributed by atoms with Crippen LogP contribution in [0.2, 0.25) is 5.02 Å². The lowest BCUT2D eigenvalue weighted by atomic mass is 10.2. The van der Waals surface area contributed by atoms with Crippen LogP contribution in [0, 0.1) is 0 Å². The Kier molecular flexibility index (Phi) is 4.55. The SMILES string of the molecule is O=C(c1cc(Cl)ccn1)N(CCO)C1CCCC1. The molecule has 0 atom stereocenters. The van der Waals surface area contributed by atoms with Crippen molar-refractivity contribution in [1.82, 2.24) is 9.88 Å². The van der Waals surface area contributed by atoms with Gasteiger partial charge in [-0.1, -0.05) is 24.4 Å². The van der Waals surface area contributed by atoms with Crippen molar-refractivity contribution in [2.75, 3.05) is 13.2 Å². The van der Waals surface area contributed by atoms with Gasteiger partial charge < -0.3 is 10.0 Å². The number of pyridine rings is 1. The number of aliphatic hydroxyl groups excluding tert-OH is 1. The monoisotopic (exact) mass is 268 g/mol. The largest absolute Gasteiger partial charge is 0.395 e. The Hall–Kier alpha value is -1.13. The first-order valence-corrected chi connectivity index (χ1v) is 6.63. The number of halogens is 1. The average molecular weight is 269 g/mol. The molecule has 1 aromatic rings. The zero-order valence-corrected chi connectivity index (χ0v) is 10.9. The summed E-state index contributed by atoms with van der Waals surface area (Å²) >= 11 is 5.87. The van der Waals surface area contributed by atoms with Gasteiger partial charge in [-0.05, 0) is 25.0 Å². The molecular formula is C13H17ClN2O2. The standard InChI is InChI=1S/C13H17ClN2O2/c14-10-5-6-15-12(9-10)13(18)16(7-8-17)11-3-1-2-4-11/h5-6,9,11,17H,1-4,7-8H2. The van der Waals surface area contributed by atoms with E-state index in [4.69, 9.17) is 16.7 Å². The lowest BCUT2D eigenvalue weighted by Crippen LogP contribution is -2.41. The number of amides is 1. The van der Waals surface area contributed by atoms with Crippen LogP contribution < -0.4 is 0 Å². The van der Waals surface area contributed by atoms with E-state index in [0.29, 0.717) is 17.3 Å². The molecule has 1 saturated carbocycles. The fraction of sp³-hybridized carbons (Fsp3) is 0.538. The molecule has 2 rings (SSSR count). The van der Waals surface area contributed by atoms with Crippen LogP contribution in [0.5, 0.6) is 0 Å². The Bertz CT molecular complexity index is 419. The van der Waals surface area contributed by atoms with Crippen LogP contribution in [0.4, 0.5) is 0 Å². The predicted octanol–water partition coefficient (Wildman–Crippen LogP) is 2.11. The van der Waals surface area contributed by atoms with E-state index in [9.17, 15) is 4.79 Å². The highest BCUT2D eigenvalue weighted by Crippen LogP contribution is 2.24. The van der Waals surface area contributed by atoms with Crippen LogP contribution in [-0.2, 0) is 0 Å². The summed E-state index contributed by atoms with van der Waals surface area (Å²) in [5, 5.41) is 9.61. The maximum atomic E-state index is 12.4. The van der Waals surface area contributed by atoms with Crippen molar-refractivity contribution < 1.29 is 9.90 Å². The van der Waals surface area contributed by atoms with Crippen molar-refractivity contribution in [2.24, 2.45) is 0 Å². The summed E-state index contributed by atoms with van der Waals surface area (Å²) in [6, 6.07) is 3.44. The van der Waals surface area contributed by atoms with E-state index in [-0.39, 0.29) is 18.6 Å². The first kappa shape index (κ1) is 13.3. The van der Waals surface area contributed by atoms with Gasteiger partial charge in [-0.25, -0.2) is 0 Å². The highest BCUT2D eigenvalue weighted by atomic mass is 35.5. The molecule has 4 nitrogen and oxygen atoms in total. The molecule has 18 heavy (non-hydrogen) atoms. The fourth-order valence-corrected chi connectivity index (χ4v) is 2.60. The van der Waals surface area contributed by atoms with Crippen molar-refractivity contribution in [3.8, 4) is 0 Å². The molecule has 1 aromatic heterocycles. The molecule has 5 heteroatoms. The van der Waals surface area contributed by atoms with Crippen LogP contribution in [0.15, 0.2) is 18.3 Å². The zero-order valence-electron chi connectivity index (χ0n) is 10.2. The molecule has 1 heterocycles. The number of hydrogen-bond acceptors (Lipinski definition) is 3. The van der Waals surface area contributed by atoms with Crippen molar-refractivity contribution in [3.05, 3.63) is 29.0 Å². The third-order valence-electron chi connectivity index (χ3n) is 3.31. The van der Waals surface area contributed by atoms with E-state index in [2.05, 4.69) is 4.98 Å². The molecular weight excluding hydrogens is 252 g/mol. The first-order chi connectivity index (χ1) is 8.72. The second kappa shape index (κ2) is 6.16. The zero-order chi connectivity index (χ0) is 13.0. The molecule has 0 unspecified atom stereocenters. The van der Waals surface area contributed by atoms with Crippen molar-refractivity contribution in [1.29, 1.82) is 0 Å². The minimum atomic E-state index is -0.140. The second-order valence-corrected chi connectivity index (χ2v) is 4.96. The van der Waals surface area contributed by atoms with Gasteiger partial charge in [-0.3, -0.25) is 9.78 Å². The normalized spacial score (nSPS) is 15.9. The van der Waals surface area contributed by atoms with E-state index in [1.807, 2.05) is 0 Å². The van der Waals surface area contributed by atoms with Gasteiger partial charge in [-0.15, -0.1) is 0 Å². The lowest BCUT2D eigenvalue weighted by molar-refractivity contribution is 0.0632. The van der Waals surface area contributed by atoms with Gasteiger partial charge in [0.05, 0.1) is 6.61 Å². The third-order valence-corrected chi connectivity index (χ3v) is 3.54. The Labute approximate surface area is 112 Å². The van der Waals surface area contributed by atoms with E-state index in [0.717, 1.165) is 25.7 Å². The minimum Gasteiger partial charge on any atom is -0.395 e. The Morgan fingerprint density at radius 1 is 1.50 bits per heavy atom. The molecule has 0 saturated heterocycles. The molecule has 0 spiro atoms. The summed E-state index contributed by atoms with van der Waals surface area (Å²) in [5.74, 6) is -0.140. The number of aliphatic hydroxyl groups is 1. The maximum Gasteiger partial charge on any atom is 0.272 e. The minimum absolute atomic E-state index is 0.0250. The van der Waals surface area contributed by atoms with Crippen LogP contribution in [0.25, 0.3) is 0 Å². The first-order valence-electron chi connectivity index (χ1n) is 6.26. The Balaban J connectivity index is 2.17. The van der Waals surface area contributed by atoms with E-state index >= 15 is 0 Å². The highest BCUT2D eigenvalue weighted by Gasteiger charge is 2.27. The predicted molar refractivity (Wildman–Crippen MR) is 69.6 cm³/mol. The van der Waals surface area contributed by atoms with E-state index < -0.39 is 0 Å². The van der Waals surface area contributed by atoms with Gasteiger partial charge in [0.15, 0.2) is 0 Å². The summed E-state index contributed by atoms with van der Waals surface area (Å²) < 4.78 is 0. The molecule has 1 amide bonds. The van der Waals surface area contributed by atoms with Crippen molar-refractivity contribution in [2.45, 2.75) is 31.7 Å². The molecule has 1 aliphatic carbocycles. The smallest absolute Gasteiger partial charge is 0.272 e. The van der Waals surface area contributed by atoms with Gasteiger partial charge in [-0.2, -0.15) is 0 Å². The molecule has 1 aliphatic rings. The van der Waals surface area contributed by atoms with Crippen LogP contribution in [-0.4, -0.2) is 40.1 Å². The van der Waals surface area contributed by atoms with Gasteiger partial charge in [0.25, 0.3) is 5.91 Å². The molecule has 1 N–H and O–H groups in total. The molecule has 0 bridgehead atoms. The van der Waals surface area contributed by atoms with E-state index in [1.54, 1.807) is 17.0 Å². The van der Waals surface area contributed by atoms with Crippen LogP contribution >= 0.6 is 11.6 Å². The number of carbonyl (C=O) groups excluding carboxylic acids is 1. The molecule has 0 aromatic carbocycles. The number of carbonyl (C=O) groups is 1. The summed E-state index contributed by atoms with van der Waals surface area (Å²) in [5.41, 5.74) is 0.350. The number of nitrogens with zero attached hydrogens (tertiary/aromatic N) is 2. The van der Waals surface area contributed by atoms with Gasteiger partial charge in [0, 0.05) is 23.8 Å². The van der Waals surface area contributed by atoms with Gasteiger partial charge in [0.1, 0.15) is 5.69 Å². The van der Waals surface area contributed by atoms with Gasteiger partial charge >= 0.3 is 0 Å². The second-order valence-electron chi connectivity index (χ2n) is 4.52. The highest BCUT2D eigenvalue weighted by molar-refractivity contribution is 6.30. The third kappa shape index (κ3) is 3.00. The molecule has 1 fully saturated rings. The van der Waals surface area contributed by atoms with Crippen molar-refractivity contribution >= 4 is 17.5 Å². The number of aromatic nitrogens is 1. The fourth-order valence-electron chi connectivity index (χ4n) is 2.44. The quantitative estimate of drug-likeness (QED) is 0.910. The maximum absolute atomic E-state index is 12.4. The molecule has 0 radical (unpaired) electrons. The van der Waals surface area contributed by atoms with Gasteiger partial charge in [0.2, 0.25) is 0 Å². The summed E-state index contributed by atoms with van der Waals surface area (Å²) in [6.45, 7) is 0.334. The average Bonchev–Trinajstić information content (AvgIpc) is 2.89. The van der Waals surface area contributed by atoms with Crippen LogP contribution in [0.3, 0.4) is 0 Å². The number of rotatable bonds is 4. The molecule has 0 aliphatic heterocycles. The van der Waals surface area contributed by atoms with E-state index in [1.165, 1.54) is 6.20 Å². The van der Waals surface area contributed by atoms with Crippen LogP contribution in [0.1, 0.15) is 36.2 Å². The Morgan fingerprint density at radius 3 is 2.83 bits per heavy atom. The topological polar surface area (TPSA) is 53.4 Å². The number of hydrogen-bond donors (Lipinski definition) is 1. The Morgan fingerprint density at radius 2 is 2.22 bits per heavy atom. The van der Waals surface area contributed by atoms with Crippen molar-refractivity contribution in [3.63, 3.8) is 0 Å². The summed E-state index contributed by atoms with van der Waals surface area (Å²) in [6.07, 6.45) is 5.83. The summed E-state index contributed by atoms with van der Waals surface area (Å²) in [7, 11) is 0. The molecule has 98 valence electrons. The lowest BCUT2D eigenvalue weighted by Gasteiger charge is -2.28.